The van der Waals surface area contributed by atoms with Crippen LogP contribution in [0.4, 0.5) is 4.39 Å². The average molecular weight is 497 g/mol. The van der Waals surface area contributed by atoms with E-state index in [1.54, 1.807) is 6.07 Å². The predicted molar refractivity (Wildman–Crippen MR) is 146 cm³/mol. The van der Waals surface area contributed by atoms with Crippen molar-refractivity contribution in [3.05, 3.63) is 72.2 Å². The summed E-state index contributed by atoms with van der Waals surface area (Å²) in [4.78, 5) is 10.5. The molecule has 0 aliphatic carbocycles. The highest BCUT2D eigenvalue weighted by atomic mass is 19.1. The summed E-state index contributed by atoms with van der Waals surface area (Å²) in [6, 6.07) is 17.0. The quantitative estimate of drug-likeness (QED) is 0.288. The van der Waals surface area contributed by atoms with E-state index in [9.17, 15) is 4.39 Å². The van der Waals surface area contributed by atoms with Gasteiger partial charge in [-0.1, -0.05) is 18.2 Å². The number of ether oxygens (including phenoxy) is 1. The Morgan fingerprint density at radius 3 is 2.81 bits per heavy atom. The van der Waals surface area contributed by atoms with Crippen molar-refractivity contribution < 1.29 is 9.13 Å². The van der Waals surface area contributed by atoms with E-state index < -0.39 is 0 Å². The number of aromatic nitrogens is 4. The zero-order valence-corrected chi connectivity index (χ0v) is 20.9. The second-order valence-corrected chi connectivity index (χ2v) is 9.63. The maximum atomic E-state index is 14.6. The van der Waals surface area contributed by atoms with Crippen LogP contribution in [0.3, 0.4) is 0 Å². The zero-order chi connectivity index (χ0) is 25.4. The number of nitrogens with zero attached hydrogens (tertiary/aromatic N) is 3. The van der Waals surface area contributed by atoms with E-state index in [-0.39, 0.29) is 5.82 Å². The molecule has 0 saturated heterocycles. The van der Waals surface area contributed by atoms with Crippen molar-refractivity contribution in [3.63, 3.8) is 0 Å². The molecule has 8 heteroatoms. The Labute approximate surface area is 214 Å². The first-order valence-electron chi connectivity index (χ1n) is 12.5. The highest BCUT2D eigenvalue weighted by Gasteiger charge is 2.17. The molecule has 4 heterocycles. The molecule has 0 fully saturated rings. The first-order chi connectivity index (χ1) is 18.0. The summed E-state index contributed by atoms with van der Waals surface area (Å²) in [5.74, 6) is 0.194. The largest absolute Gasteiger partial charge is 0.492 e. The predicted octanol–water partition coefficient (Wildman–Crippen LogP) is 5.23. The van der Waals surface area contributed by atoms with Gasteiger partial charge in [-0.25, -0.2) is 9.37 Å². The van der Waals surface area contributed by atoms with Crippen LogP contribution in [0.1, 0.15) is 12.1 Å². The fraction of sp³-hybridized carbons (Fsp3) is 0.241. The topological polar surface area (TPSA) is 81.9 Å². The van der Waals surface area contributed by atoms with Crippen LogP contribution in [0.25, 0.3) is 50.0 Å². The number of H-pyrrole nitrogens is 2. The molecule has 0 radical (unpaired) electrons. The number of pyridine rings is 1. The minimum Gasteiger partial charge on any atom is -0.492 e. The number of nitrogens with one attached hydrogen (secondary N) is 3. The van der Waals surface area contributed by atoms with Crippen molar-refractivity contribution in [2.24, 2.45) is 0 Å². The summed E-state index contributed by atoms with van der Waals surface area (Å²) in [5, 5.41) is 12.0. The van der Waals surface area contributed by atoms with Gasteiger partial charge in [0, 0.05) is 30.1 Å². The number of rotatable bonds is 7. The van der Waals surface area contributed by atoms with E-state index in [4.69, 9.17) is 9.72 Å². The molecular formula is C29H29FN6O. The Bertz CT molecular complexity index is 1620. The Morgan fingerprint density at radius 1 is 1.05 bits per heavy atom. The standard InChI is InChI=1S/C29H29FN6O/c1-36(2)12-13-37-21-15-19(14-20(30)16-21)22-4-3-5-25-23(22)17-27(32-25)29-28-26(34-35-29)7-6-24(33-28)18-8-10-31-11-9-18/h3-8,14-17,31-32H,9-13H2,1-2H3,(H,34,35). The zero-order valence-electron chi connectivity index (χ0n) is 20.9. The SMILES string of the molecule is CN(C)CCOc1cc(F)cc(-c2cccc3[nH]c(-c4n[nH]c5ccc(C6=CCNCC6)nc45)cc23)c1. The van der Waals surface area contributed by atoms with Crippen LogP contribution in [0.5, 0.6) is 5.75 Å². The van der Waals surface area contributed by atoms with Gasteiger partial charge in [-0.15, -0.1) is 0 Å². The van der Waals surface area contributed by atoms with E-state index in [1.165, 1.54) is 11.6 Å². The van der Waals surface area contributed by atoms with Crippen molar-refractivity contribution in [2.45, 2.75) is 6.42 Å². The molecule has 1 aliphatic heterocycles. The summed E-state index contributed by atoms with van der Waals surface area (Å²) < 4.78 is 20.4. The van der Waals surface area contributed by atoms with Crippen molar-refractivity contribution in [2.75, 3.05) is 40.3 Å². The first kappa shape index (κ1) is 23.4. The van der Waals surface area contributed by atoms with Crippen LogP contribution in [-0.4, -0.2) is 65.4 Å². The molecule has 0 unspecified atom stereocenters. The molecule has 0 spiro atoms. The minimum atomic E-state index is -0.327. The molecule has 188 valence electrons. The number of hydrogen-bond acceptors (Lipinski definition) is 5. The van der Waals surface area contributed by atoms with Crippen LogP contribution in [0.2, 0.25) is 0 Å². The van der Waals surface area contributed by atoms with Gasteiger partial charge in [-0.05, 0) is 80.2 Å². The lowest BCUT2D eigenvalue weighted by atomic mass is 10.0. The van der Waals surface area contributed by atoms with E-state index in [1.807, 2.05) is 55.4 Å². The molecule has 37 heavy (non-hydrogen) atoms. The average Bonchev–Trinajstić information content (AvgIpc) is 3.52. The van der Waals surface area contributed by atoms with Gasteiger partial charge >= 0.3 is 0 Å². The Morgan fingerprint density at radius 2 is 1.97 bits per heavy atom. The van der Waals surface area contributed by atoms with E-state index in [2.05, 4.69) is 32.6 Å². The van der Waals surface area contributed by atoms with Gasteiger partial charge in [-0.2, -0.15) is 5.10 Å². The Kier molecular flexibility index (Phi) is 6.20. The van der Waals surface area contributed by atoms with Gasteiger partial charge in [0.25, 0.3) is 0 Å². The second kappa shape index (κ2) is 9.80. The fourth-order valence-corrected chi connectivity index (χ4v) is 4.80. The van der Waals surface area contributed by atoms with Gasteiger partial charge < -0.3 is 19.9 Å². The molecule has 7 nitrogen and oxygen atoms in total. The third-order valence-corrected chi connectivity index (χ3v) is 6.71. The molecule has 3 N–H and O–H groups in total. The highest BCUT2D eigenvalue weighted by molar-refractivity contribution is 6.00. The number of likely N-dealkylation sites (N-methyl/N-ethyl adjacent to an activating group) is 1. The van der Waals surface area contributed by atoms with Crippen molar-refractivity contribution in [3.8, 4) is 28.3 Å². The molecule has 2 aromatic carbocycles. The summed E-state index contributed by atoms with van der Waals surface area (Å²) >= 11 is 0. The lowest BCUT2D eigenvalue weighted by molar-refractivity contribution is 0.260. The van der Waals surface area contributed by atoms with E-state index in [0.29, 0.717) is 12.4 Å². The highest BCUT2D eigenvalue weighted by Crippen LogP contribution is 2.35. The van der Waals surface area contributed by atoms with E-state index in [0.717, 1.165) is 76.2 Å². The molecule has 6 rings (SSSR count). The number of fused-ring (bicyclic) bond motifs is 2. The van der Waals surface area contributed by atoms with Crippen LogP contribution in [0.15, 0.2) is 60.7 Å². The normalized spacial score (nSPS) is 14.0. The van der Waals surface area contributed by atoms with Crippen molar-refractivity contribution >= 4 is 27.5 Å². The molecule has 0 atom stereocenters. The maximum absolute atomic E-state index is 14.6. The summed E-state index contributed by atoms with van der Waals surface area (Å²) in [7, 11) is 3.96. The number of halogens is 1. The lowest BCUT2D eigenvalue weighted by Crippen LogP contribution is -2.20. The van der Waals surface area contributed by atoms with E-state index >= 15 is 0 Å². The van der Waals surface area contributed by atoms with Gasteiger partial charge in [-0.3, -0.25) is 5.10 Å². The molecule has 3 aromatic heterocycles. The molecule has 0 bridgehead atoms. The molecule has 5 aromatic rings. The first-order valence-corrected chi connectivity index (χ1v) is 12.5. The van der Waals surface area contributed by atoms with Gasteiger partial charge in [0.2, 0.25) is 0 Å². The van der Waals surface area contributed by atoms with Crippen LogP contribution in [0, 0.1) is 5.82 Å². The number of aromatic amines is 2. The Hall–Kier alpha value is -4.01. The Balaban J connectivity index is 1.39. The minimum absolute atomic E-state index is 0.327. The lowest BCUT2D eigenvalue weighted by Gasteiger charge is -2.13. The summed E-state index contributed by atoms with van der Waals surface area (Å²) in [6.07, 6.45) is 3.15. The molecule has 0 saturated carbocycles. The summed E-state index contributed by atoms with van der Waals surface area (Å²) in [5.41, 5.74) is 8.20. The van der Waals surface area contributed by atoms with Crippen LogP contribution >= 0.6 is 0 Å². The van der Waals surface area contributed by atoms with Crippen LogP contribution in [-0.2, 0) is 0 Å². The molecule has 1 aliphatic rings. The van der Waals surface area contributed by atoms with Gasteiger partial charge in [0.15, 0.2) is 0 Å². The van der Waals surface area contributed by atoms with Gasteiger partial charge in [0.1, 0.15) is 29.4 Å². The number of hydrogen-bond donors (Lipinski definition) is 3. The third-order valence-electron chi connectivity index (χ3n) is 6.71. The second-order valence-electron chi connectivity index (χ2n) is 9.63. The van der Waals surface area contributed by atoms with Crippen molar-refractivity contribution in [1.29, 1.82) is 0 Å². The van der Waals surface area contributed by atoms with Crippen molar-refractivity contribution in [1.82, 2.24) is 30.4 Å². The van der Waals surface area contributed by atoms with Gasteiger partial charge in [0.05, 0.1) is 16.9 Å². The number of benzene rings is 2. The fourth-order valence-electron chi connectivity index (χ4n) is 4.80. The monoisotopic (exact) mass is 496 g/mol. The molecular weight excluding hydrogens is 467 g/mol. The summed E-state index contributed by atoms with van der Waals surface area (Å²) in [6.45, 7) is 3.06. The smallest absolute Gasteiger partial charge is 0.135 e. The maximum Gasteiger partial charge on any atom is 0.135 e. The van der Waals surface area contributed by atoms with Crippen LogP contribution < -0.4 is 10.1 Å². The molecule has 0 amide bonds. The third kappa shape index (κ3) is 4.73.